The highest BCUT2D eigenvalue weighted by molar-refractivity contribution is 5.92. The van der Waals surface area contributed by atoms with E-state index in [1.165, 1.54) is 0 Å². The molecule has 2 amide bonds. The van der Waals surface area contributed by atoms with Crippen molar-refractivity contribution >= 4 is 17.5 Å². The van der Waals surface area contributed by atoms with Gasteiger partial charge in [-0.05, 0) is 56.4 Å². The lowest BCUT2D eigenvalue weighted by atomic mass is 9.92. The van der Waals surface area contributed by atoms with Gasteiger partial charge in [-0.1, -0.05) is 18.2 Å². The highest BCUT2D eigenvalue weighted by Gasteiger charge is 2.27. The van der Waals surface area contributed by atoms with Crippen molar-refractivity contribution in [3.05, 3.63) is 48.5 Å². The van der Waals surface area contributed by atoms with Crippen LogP contribution in [0.15, 0.2) is 48.5 Å². The lowest BCUT2D eigenvalue weighted by Crippen LogP contribution is -2.44. The van der Waals surface area contributed by atoms with Crippen molar-refractivity contribution in [1.29, 1.82) is 0 Å². The molecule has 1 fully saturated rings. The minimum atomic E-state index is -0.515. The topological polar surface area (TPSA) is 77.1 Å². The third-order valence-corrected chi connectivity index (χ3v) is 5.79. The van der Waals surface area contributed by atoms with Crippen molar-refractivity contribution in [2.24, 2.45) is 5.92 Å². The lowest BCUT2D eigenvalue weighted by molar-refractivity contribution is -0.139. The fourth-order valence-corrected chi connectivity index (χ4v) is 3.90. The van der Waals surface area contributed by atoms with E-state index in [0.717, 1.165) is 19.3 Å². The molecule has 0 radical (unpaired) electrons. The molecule has 1 heterocycles. The second kappa shape index (κ2) is 11.4. The number of amides is 2. The quantitative estimate of drug-likeness (QED) is 0.635. The second-order valence-electron chi connectivity index (χ2n) is 7.99. The summed E-state index contributed by atoms with van der Waals surface area (Å²) in [6.45, 7) is 3.18. The number of rotatable bonds is 9. The van der Waals surface area contributed by atoms with Crippen LogP contribution in [0, 0.1) is 5.92 Å². The Morgan fingerprint density at radius 2 is 1.75 bits per heavy atom. The Balaban J connectivity index is 1.41. The van der Waals surface area contributed by atoms with E-state index < -0.39 is 6.10 Å². The number of ether oxygens (including phenoxy) is 3. The van der Waals surface area contributed by atoms with E-state index in [4.69, 9.17) is 14.2 Å². The van der Waals surface area contributed by atoms with E-state index in [0.29, 0.717) is 48.4 Å². The maximum Gasteiger partial charge on any atom is 0.263 e. The summed E-state index contributed by atoms with van der Waals surface area (Å²) in [5, 5.41) is 2.92. The van der Waals surface area contributed by atoms with Crippen molar-refractivity contribution in [2.45, 2.75) is 38.7 Å². The number of methoxy groups -OCH3 is 2. The van der Waals surface area contributed by atoms with Crippen LogP contribution in [0.3, 0.4) is 0 Å². The molecule has 0 spiro atoms. The molecule has 0 aromatic heterocycles. The van der Waals surface area contributed by atoms with Gasteiger partial charge in [0, 0.05) is 25.6 Å². The van der Waals surface area contributed by atoms with Crippen LogP contribution in [-0.2, 0) is 9.59 Å². The largest absolute Gasteiger partial charge is 0.497 e. The Bertz CT molecular complexity index is 894. The molecule has 1 atom stereocenters. The SMILES string of the molecule is COc1ccc(NC(=O)CCC2CCN(C(=O)C(C)Oc3ccccc3)CC2)c(OC)c1. The molecule has 2 aromatic carbocycles. The molecule has 7 nitrogen and oxygen atoms in total. The molecule has 1 unspecified atom stereocenters. The predicted octanol–water partition coefficient (Wildman–Crippen LogP) is 4.13. The van der Waals surface area contributed by atoms with Crippen molar-refractivity contribution in [3.63, 3.8) is 0 Å². The fraction of sp³-hybridized carbons (Fsp3) is 0.440. The van der Waals surface area contributed by atoms with Crippen LogP contribution in [0.5, 0.6) is 17.2 Å². The summed E-state index contributed by atoms with van der Waals surface area (Å²) >= 11 is 0. The van der Waals surface area contributed by atoms with Crippen molar-refractivity contribution in [1.82, 2.24) is 4.90 Å². The molecule has 1 aliphatic rings. The number of hydrogen-bond donors (Lipinski definition) is 1. The number of piperidine rings is 1. The van der Waals surface area contributed by atoms with Gasteiger partial charge in [-0.25, -0.2) is 0 Å². The average Bonchev–Trinajstić information content (AvgIpc) is 2.83. The predicted molar refractivity (Wildman–Crippen MR) is 123 cm³/mol. The smallest absolute Gasteiger partial charge is 0.263 e. The Hall–Kier alpha value is -3.22. The van der Waals surface area contributed by atoms with E-state index >= 15 is 0 Å². The van der Waals surface area contributed by atoms with Gasteiger partial charge >= 0.3 is 0 Å². The molecule has 0 saturated carbocycles. The number of nitrogens with one attached hydrogen (secondary N) is 1. The van der Waals surface area contributed by atoms with Gasteiger partial charge in [-0.3, -0.25) is 9.59 Å². The maximum absolute atomic E-state index is 12.7. The van der Waals surface area contributed by atoms with E-state index in [1.54, 1.807) is 39.3 Å². The molecule has 1 aliphatic heterocycles. The van der Waals surface area contributed by atoms with Crippen LogP contribution in [-0.4, -0.2) is 50.1 Å². The molecule has 3 rings (SSSR count). The zero-order valence-corrected chi connectivity index (χ0v) is 19.0. The molecule has 1 N–H and O–H groups in total. The summed E-state index contributed by atoms with van der Waals surface area (Å²) in [7, 11) is 3.15. The molecule has 0 aliphatic carbocycles. The summed E-state index contributed by atoms with van der Waals surface area (Å²) in [6.07, 6.45) is 2.49. The van der Waals surface area contributed by atoms with E-state index in [1.807, 2.05) is 35.2 Å². The van der Waals surface area contributed by atoms with Gasteiger partial charge < -0.3 is 24.4 Å². The van der Waals surface area contributed by atoms with Gasteiger partial charge in [0.1, 0.15) is 17.2 Å². The van der Waals surface area contributed by atoms with Crippen molar-refractivity contribution in [3.8, 4) is 17.2 Å². The zero-order valence-electron chi connectivity index (χ0n) is 19.0. The standard InChI is InChI=1S/C25H32N2O5/c1-18(32-20-7-5-4-6-8-20)25(29)27-15-13-19(14-16-27)9-12-24(28)26-22-11-10-21(30-2)17-23(22)31-3/h4-8,10-11,17-19H,9,12-16H2,1-3H3,(H,26,28). The number of carbonyl (C=O) groups is 2. The van der Waals surface area contributed by atoms with Crippen LogP contribution in [0.4, 0.5) is 5.69 Å². The van der Waals surface area contributed by atoms with Gasteiger partial charge in [0.05, 0.1) is 19.9 Å². The summed E-state index contributed by atoms with van der Waals surface area (Å²) in [5.74, 6) is 2.32. The third kappa shape index (κ3) is 6.39. The van der Waals surface area contributed by atoms with Gasteiger partial charge in [0.2, 0.25) is 5.91 Å². The van der Waals surface area contributed by atoms with Crippen LogP contribution in [0.25, 0.3) is 0 Å². The summed E-state index contributed by atoms with van der Waals surface area (Å²) in [4.78, 5) is 27.0. The molecule has 0 bridgehead atoms. The Labute approximate surface area is 189 Å². The third-order valence-electron chi connectivity index (χ3n) is 5.79. The number of para-hydroxylation sites is 1. The first-order chi connectivity index (χ1) is 15.5. The highest BCUT2D eigenvalue weighted by Crippen LogP contribution is 2.29. The van der Waals surface area contributed by atoms with Crippen LogP contribution < -0.4 is 19.5 Å². The van der Waals surface area contributed by atoms with Gasteiger partial charge in [-0.15, -0.1) is 0 Å². The Morgan fingerprint density at radius 1 is 1.03 bits per heavy atom. The molecule has 32 heavy (non-hydrogen) atoms. The summed E-state index contributed by atoms with van der Waals surface area (Å²) in [6, 6.07) is 14.7. The van der Waals surface area contributed by atoms with Gasteiger partial charge in [-0.2, -0.15) is 0 Å². The van der Waals surface area contributed by atoms with E-state index in [9.17, 15) is 9.59 Å². The number of likely N-dealkylation sites (tertiary alicyclic amines) is 1. The maximum atomic E-state index is 12.7. The Kier molecular flexibility index (Phi) is 8.36. The minimum Gasteiger partial charge on any atom is -0.497 e. The molecular formula is C25H32N2O5. The first-order valence-corrected chi connectivity index (χ1v) is 11.0. The number of benzene rings is 2. The minimum absolute atomic E-state index is 0.0108. The number of nitrogens with zero attached hydrogens (tertiary/aromatic N) is 1. The number of hydrogen-bond acceptors (Lipinski definition) is 5. The van der Waals surface area contributed by atoms with Crippen molar-refractivity contribution in [2.75, 3.05) is 32.6 Å². The average molecular weight is 441 g/mol. The molecule has 1 saturated heterocycles. The summed E-state index contributed by atoms with van der Waals surface area (Å²) in [5.41, 5.74) is 0.631. The summed E-state index contributed by atoms with van der Waals surface area (Å²) < 4.78 is 16.3. The first kappa shape index (κ1) is 23.4. The van der Waals surface area contributed by atoms with E-state index in [2.05, 4.69) is 5.32 Å². The monoisotopic (exact) mass is 440 g/mol. The van der Waals surface area contributed by atoms with E-state index in [-0.39, 0.29) is 11.8 Å². The number of anilines is 1. The lowest BCUT2D eigenvalue weighted by Gasteiger charge is -2.33. The van der Waals surface area contributed by atoms with Crippen LogP contribution >= 0.6 is 0 Å². The van der Waals surface area contributed by atoms with Crippen LogP contribution in [0.2, 0.25) is 0 Å². The van der Waals surface area contributed by atoms with Gasteiger partial charge in [0.25, 0.3) is 5.91 Å². The zero-order chi connectivity index (χ0) is 22.9. The van der Waals surface area contributed by atoms with Crippen LogP contribution in [0.1, 0.15) is 32.6 Å². The fourth-order valence-electron chi connectivity index (χ4n) is 3.90. The molecular weight excluding hydrogens is 408 g/mol. The molecule has 7 heteroatoms. The second-order valence-corrected chi connectivity index (χ2v) is 7.99. The number of carbonyl (C=O) groups excluding carboxylic acids is 2. The highest BCUT2D eigenvalue weighted by atomic mass is 16.5. The van der Waals surface area contributed by atoms with Crippen molar-refractivity contribution < 1.29 is 23.8 Å². The van der Waals surface area contributed by atoms with Gasteiger partial charge in [0.15, 0.2) is 6.10 Å². The first-order valence-electron chi connectivity index (χ1n) is 11.0. The normalized spacial score (nSPS) is 15.0. The molecule has 2 aromatic rings. The Morgan fingerprint density at radius 3 is 2.41 bits per heavy atom. The molecule has 172 valence electrons.